The number of hydrogen-bond acceptors (Lipinski definition) is 5. The Balaban J connectivity index is 2.10. The van der Waals surface area contributed by atoms with Gasteiger partial charge in [-0.05, 0) is 12.8 Å². The number of aliphatic carboxylic acids is 1. The molecule has 0 atom stereocenters. The van der Waals surface area contributed by atoms with E-state index in [1.165, 1.54) is 11.8 Å². The third-order valence-electron chi connectivity index (χ3n) is 3.14. The van der Waals surface area contributed by atoms with Gasteiger partial charge in [0.15, 0.2) is 5.16 Å². The molecule has 1 heterocycles. The number of carboxylic acids is 1. The minimum atomic E-state index is -0.837. The number of hydrogen-bond donors (Lipinski definition) is 1. The highest BCUT2D eigenvalue weighted by Crippen LogP contribution is 2.37. The summed E-state index contributed by atoms with van der Waals surface area (Å²) >= 11 is 1.23. The molecule has 1 aromatic heterocycles. The Bertz CT molecular complexity index is 429. The highest BCUT2D eigenvalue weighted by Gasteiger charge is 2.33. The van der Waals surface area contributed by atoms with Gasteiger partial charge < -0.3 is 14.4 Å². The normalized spacial score (nSPS) is 22.8. The topological polar surface area (TPSA) is 77.2 Å². The maximum absolute atomic E-state index is 10.6. The Morgan fingerprint density at radius 2 is 2.28 bits per heavy atom. The van der Waals surface area contributed by atoms with Crippen LogP contribution in [0.5, 0.6) is 0 Å². The summed E-state index contributed by atoms with van der Waals surface area (Å²) in [5.74, 6) is 0.0980. The van der Waals surface area contributed by atoms with E-state index in [0.717, 1.165) is 25.1 Å². The van der Waals surface area contributed by atoms with Gasteiger partial charge in [0.25, 0.3) is 0 Å². The van der Waals surface area contributed by atoms with Crippen LogP contribution in [0, 0.1) is 0 Å². The lowest BCUT2D eigenvalue weighted by Gasteiger charge is -2.36. The molecule has 1 aromatic rings. The van der Waals surface area contributed by atoms with Crippen LogP contribution in [0.15, 0.2) is 5.16 Å². The SMILES string of the molecule is CCc1nnc(SCC(=O)O)n1C1CC(OC)C1. The van der Waals surface area contributed by atoms with Crippen LogP contribution in [0.3, 0.4) is 0 Å². The number of thioether (sulfide) groups is 1. The summed E-state index contributed by atoms with van der Waals surface area (Å²) in [6.45, 7) is 2.03. The van der Waals surface area contributed by atoms with Crippen molar-refractivity contribution in [2.45, 2.75) is 43.5 Å². The van der Waals surface area contributed by atoms with Crippen molar-refractivity contribution < 1.29 is 14.6 Å². The monoisotopic (exact) mass is 271 g/mol. The summed E-state index contributed by atoms with van der Waals surface area (Å²) in [6.07, 6.45) is 3.00. The number of rotatable bonds is 6. The molecule has 1 aliphatic rings. The summed E-state index contributed by atoms with van der Waals surface area (Å²) in [7, 11) is 1.72. The molecule has 18 heavy (non-hydrogen) atoms. The predicted molar refractivity (Wildman–Crippen MR) is 66.8 cm³/mol. The molecule has 6 nitrogen and oxygen atoms in total. The Morgan fingerprint density at radius 3 is 2.83 bits per heavy atom. The van der Waals surface area contributed by atoms with Gasteiger partial charge in [0, 0.05) is 19.6 Å². The third kappa shape index (κ3) is 2.67. The number of nitrogens with zero attached hydrogens (tertiary/aromatic N) is 3. The first kappa shape index (κ1) is 13.4. The molecule has 1 fully saturated rings. The summed E-state index contributed by atoms with van der Waals surface area (Å²) in [5.41, 5.74) is 0. The van der Waals surface area contributed by atoms with E-state index in [1.54, 1.807) is 7.11 Å². The van der Waals surface area contributed by atoms with Crippen LogP contribution in [-0.2, 0) is 16.0 Å². The van der Waals surface area contributed by atoms with E-state index >= 15 is 0 Å². The van der Waals surface area contributed by atoms with E-state index in [1.807, 2.05) is 6.92 Å². The quantitative estimate of drug-likeness (QED) is 0.787. The zero-order valence-electron chi connectivity index (χ0n) is 10.5. The number of aryl methyl sites for hydroxylation is 1. The van der Waals surface area contributed by atoms with Gasteiger partial charge >= 0.3 is 5.97 Å². The zero-order valence-corrected chi connectivity index (χ0v) is 11.3. The van der Waals surface area contributed by atoms with Crippen LogP contribution >= 0.6 is 11.8 Å². The summed E-state index contributed by atoms with van der Waals surface area (Å²) in [5, 5.41) is 17.6. The van der Waals surface area contributed by atoms with Crippen molar-refractivity contribution in [3.8, 4) is 0 Å². The minimum absolute atomic E-state index is 0.0161. The number of ether oxygens (including phenoxy) is 1. The lowest BCUT2D eigenvalue weighted by Crippen LogP contribution is -2.33. The number of carbonyl (C=O) groups is 1. The lowest BCUT2D eigenvalue weighted by molar-refractivity contribution is -0.133. The van der Waals surface area contributed by atoms with E-state index in [4.69, 9.17) is 9.84 Å². The van der Waals surface area contributed by atoms with Gasteiger partial charge in [0.1, 0.15) is 5.82 Å². The molecule has 1 N–H and O–H groups in total. The molecule has 0 saturated heterocycles. The largest absolute Gasteiger partial charge is 0.481 e. The number of carboxylic acid groups (broad SMARTS) is 1. The number of aromatic nitrogens is 3. The molecule has 0 radical (unpaired) electrons. The predicted octanol–water partition coefficient (Wildman–Crippen LogP) is 1.37. The smallest absolute Gasteiger partial charge is 0.313 e. The Kier molecular flexibility index (Phi) is 4.23. The van der Waals surface area contributed by atoms with Crippen LogP contribution in [-0.4, -0.2) is 44.8 Å². The highest BCUT2D eigenvalue weighted by molar-refractivity contribution is 7.99. The molecule has 0 amide bonds. The van der Waals surface area contributed by atoms with E-state index in [9.17, 15) is 4.79 Å². The van der Waals surface area contributed by atoms with Gasteiger partial charge in [-0.25, -0.2) is 0 Å². The van der Waals surface area contributed by atoms with Crippen molar-refractivity contribution in [2.75, 3.05) is 12.9 Å². The van der Waals surface area contributed by atoms with Crippen molar-refractivity contribution in [3.05, 3.63) is 5.82 Å². The molecule has 1 aliphatic carbocycles. The molecule has 0 aliphatic heterocycles. The van der Waals surface area contributed by atoms with Gasteiger partial charge in [0.05, 0.1) is 11.9 Å². The zero-order chi connectivity index (χ0) is 13.1. The number of methoxy groups -OCH3 is 1. The average Bonchev–Trinajstić information content (AvgIpc) is 2.68. The lowest BCUT2D eigenvalue weighted by atomic mass is 9.89. The van der Waals surface area contributed by atoms with E-state index < -0.39 is 5.97 Å². The standard InChI is InChI=1S/C11H17N3O3S/c1-3-9-12-13-11(18-6-10(15)16)14(9)7-4-8(5-7)17-2/h7-8H,3-6H2,1-2H3,(H,15,16). The van der Waals surface area contributed by atoms with E-state index in [-0.39, 0.29) is 5.75 Å². The minimum Gasteiger partial charge on any atom is -0.481 e. The average molecular weight is 271 g/mol. The molecule has 0 spiro atoms. The van der Waals surface area contributed by atoms with E-state index in [0.29, 0.717) is 17.3 Å². The first-order valence-corrected chi connectivity index (χ1v) is 6.95. The summed E-state index contributed by atoms with van der Waals surface area (Å²) < 4.78 is 7.34. The Hall–Kier alpha value is -1.08. The summed E-state index contributed by atoms with van der Waals surface area (Å²) in [4.78, 5) is 10.6. The van der Waals surface area contributed by atoms with Crippen LogP contribution in [0.4, 0.5) is 0 Å². The second-order valence-electron chi connectivity index (χ2n) is 4.29. The van der Waals surface area contributed by atoms with E-state index in [2.05, 4.69) is 14.8 Å². The second kappa shape index (κ2) is 5.71. The second-order valence-corrected chi connectivity index (χ2v) is 5.23. The first-order chi connectivity index (χ1) is 8.65. The molecule has 7 heteroatoms. The fourth-order valence-electron chi connectivity index (χ4n) is 2.08. The first-order valence-electron chi connectivity index (χ1n) is 5.96. The molecule has 0 bridgehead atoms. The van der Waals surface area contributed by atoms with Gasteiger partial charge in [-0.2, -0.15) is 0 Å². The van der Waals surface area contributed by atoms with Crippen LogP contribution in [0.1, 0.15) is 31.6 Å². The molecular weight excluding hydrogens is 254 g/mol. The molecule has 2 rings (SSSR count). The van der Waals surface area contributed by atoms with Crippen LogP contribution in [0.25, 0.3) is 0 Å². The summed E-state index contributed by atoms with van der Waals surface area (Å²) in [6, 6.07) is 0.344. The Morgan fingerprint density at radius 1 is 1.56 bits per heavy atom. The van der Waals surface area contributed by atoms with Gasteiger partial charge in [0.2, 0.25) is 0 Å². The highest BCUT2D eigenvalue weighted by atomic mass is 32.2. The maximum Gasteiger partial charge on any atom is 0.313 e. The Labute approximate surface area is 110 Å². The van der Waals surface area contributed by atoms with Gasteiger partial charge in [-0.3, -0.25) is 4.79 Å². The van der Waals surface area contributed by atoms with Crippen molar-refractivity contribution in [1.29, 1.82) is 0 Å². The fraction of sp³-hybridized carbons (Fsp3) is 0.727. The van der Waals surface area contributed by atoms with Crippen LogP contribution < -0.4 is 0 Å². The van der Waals surface area contributed by atoms with Gasteiger partial charge in [-0.15, -0.1) is 10.2 Å². The molecule has 100 valence electrons. The third-order valence-corrected chi connectivity index (χ3v) is 4.07. The van der Waals surface area contributed by atoms with Crippen molar-refractivity contribution in [1.82, 2.24) is 14.8 Å². The maximum atomic E-state index is 10.6. The molecular formula is C11H17N3O3S. The van der Waals surface area contributed by atoms with Crippen LogP contribution in [0.2, 0.25) is 0 Å². The molecule has 0 unspecified atom stereocenters. The molecule has 0 aromatic carbocycles. The van der Waals surface area contributed by atoms with Crippen molar-refractivity contribution in [3.63, 3.8) is 0 Å². The molecule has 1 saturated carbocycles. The van der Waals surface area contributed by atoms with Crippen molar-refractivity contribution in [2.24, 2.45) is 0 Å². The fourth-order valence-corrected chi connectivity index (χ4v) is 2.83. The van der Waals surface area contributed by atoms with Gasteiger partial charge in [-0.1, -0.05) is 18.7 Å². The van der Waals surface area contributed by atoms with Crippen molar-refractivity contribution >= 4 is 17.7 Å².